The van der Waals surface area contributed by atoms with Crippen molar-refractivity contribution >= 4 is 21.7 Å². The van der Waals surface area contributed by atoms with Crippen LogP contribution in [0, 0.1) is 5.82 Å². The summed E-state index contributed by atoms with van der Waals surface area (Å²) < 4.78 is 14.3. The molecule has 0 atom stereocenters. The van der Waals surface area contributed by atoms with Crippen LogP contribution in [0.2, 0.25) is 0 Å². The first kappa shape index (κ1) is 14.7. The van der Waals surface area contributed by atoms with Crippen LogP contribution in [-0.2, 0) is 0 Å². The monoisotopic (exact) mass is 327 g/mol. The van der Waals surface area contributed by atoms with Gasteiger partial charge in [0, 0.05) is 12.0 Å². The predicted octanol–water partition coefficient (Wildman–Crippen LogP) is 4.08. The molecule has 0 amide bonds. The van der Waals surface area contributed by atoms with E-state index >= 15 is 0 Å². The maximum Gasteiger partial charge on any atom is 0.167 e. The van der Waals surface area contributed by atoms with Gasteiger partial charge < -0.3 is 5.32 Å². The molecule has 0 aromatic heterocycles. The van der Waals surface area contributed by atoms with E-state index in [0.717, 1.165) is 25.7 Å². The van der Waals surface area contributed by atoms with Gasteiger partial charge in [-0.15, -0.1) is 0 Å². The van der Waals surface area contributed by atoms with Crippen molar-refractivity contribution in [2.24, 2.45) is 0 Å². The average Bonchev–Trinajstić information content (AvgIpc) is 2.42. The summed E-state index contributed by atoms with van der Waals surface area (Å²) in [5.74, 6) is -0.565. The van der Waals surface area contributed by atoms with Crippen LogP contribution in [0.15, 0.2) is 22.7 Å². The highest BCUT2D eigenvalue weighted by molar-refractivity contribution is 9.10. The topological polar surface area (TPSA) is 29.1 Å². The normalized spacial score (nSPS) is 18.3. The zero-order chi connectivity index (χ0) is 13.9. The number of benzene rings is 1. The third-order valence-electron chi connectivity index (χ3n) is 4.09. The second kappa shape index (κ2) is 6.14. The molecule has 0 heterocycles. The lowest BCUT2D eigenvalue weighted by Gasteiger charge is -2.36. The van der Waals surface area contributed by atoms with Gasteiger partial charge in [-0.3, -0.25) is 4.79 Å². The van der Waals surface area contributed by atoms with Gasteiger partial charge in [0.05, 0.1) is 10.0 Å². The smallest absolute Gasteiger partial charge is 0.167 e. The van der Waals surface area contributed by atoms with Crippen LogP contribution in [0.3, 0.4) is 0 Å². The van der Waals surface area contributed by atoms with Gasteiger partial charge in [0.25, 0.3) is 0 Å². The van der Waals surface area contributed by atoms with Gasteiger partial charge >= 0.3 is 0 Å². The van der Waals surface area contributed by atoms with Crippen molar-refractivity contribution in [3.63, 3.8) is 0 Å². The van der Waals surface area contributed by atoms with Crippen molar-refractivity contribution < 1.29 is 9.18 Å². The predicted molar refractivity (Wildman–Crippen MR) is 77.9 cm³/mol. The number of hydrogen-bond donors (Lipinski definition) is 1. The minimum absolute atomic E-state index is 0.116. The van der Waals surface area contributed by atoms with Crippen molar-refractivity contribution in [1.29, 1.82) is 0 Å². The van der Waals surface area contributed by atoms with Crippen molar-refractivity contribution in [2.45, 2.75) is 44.1 Å². The number of Topliss-reactive ketones (excluding diaryl/α,β-unsaturated/α-hetero) is 1. The Morgan fingerprint density at radius 3 is 2.68 bits per heavy atom. The molecule has 4 heteroatoms. The number of ketones is 1. The van der Waals surface area contributed by atoms with Crippen LogP contribution in [0.4, 0.5) is 4.39 Å². The minimum atomic E-state index is -0.449. The van der Waals surface area contributed by atoms with E-state index in [2.05, 4.69) is 21.2 Å². The van der Waals surface area contributed by atoms with E-state index in [0.29, 0.717) is 10.9 Å². The van der Waals surface area contributed by atoms with E-state index in [4.69, 9.17) is 0 Å². The molecule has 0 radical (unpaired) electrons. The molecule has 1 aromatic carbocycles. The minimum Gasteiger partial charge on any atom is -0.314 e. The molecule has 0 aliphatic heterocycles. The van der Waals surface area contributed by atoms with Crippen LogP contribution in [0.25, 0.3) is 0 Å². The van der Waals surface area contributed by atoms with Gasteiger partial charge in [-0.05, 0) is 48.0 Å². The molecule has 0 unspecified atom stereocenters. The summed E-state index contributed by atoms with van der Waals surface area (Å²) in [7, 11) is 1.90. The summed E-state index contributed by atoms with van der Waals surface area (Å²) in [6.45, 7) is 0. The molecular weight excluding hydrogens is 309 g/mol. The number of carbonyl (C=O) groups is 1. The SMILES string of the molecule is CNC1(CC(=O)c2cccc(Br)c2F)CCCCC1. The van der Waals surface area contributed by atoms with E-state index in [1.807, 2.05) is 7.05 Å². The summed E-state index contributed by atoms with van der Waals surface area (Å²) >= 11 is 3.13. The first-order valence-electron chi connectivity index (χ1n) is 6.74. The summed E-state index contributed by atoms with van der Waals surface area (Å²) in [5, 5.41) is 3.30. The highest BCUT2D eigenvalue weighted by Gasteiger charge is 2.33. The maximum absolute atomic E-state index is 13.9. The molecule has 1 N–H and O–H groups in total. The standard InChI is InChI=1S/C15H19BrFNO/c1-18-15(8-3-2-4-9-15)10-13(19)11-6-5-7-12(16)14(11)17/h5-7,18H,2-4,8-10H2,1H3. The molecule has 2 rings (SSSR count). The lowest BCUT2D eigenvalue weighted by molar-refractivity contribution is 0.0910. The molecule has 2 nitrogen and oxygen atoms in total. The summed E-state index contributed by atoms with van der Waals surface area (Å²) in [4.78, 5) is 12.3. The van der Waals surface area contributed by atoms with Gasteiger partial charge in [-0.25, -0.2) is 4.39 Å². The van der Waals surface area contributed by atoms with Crippen LogP contribution in [-0.4, -0.2) is 18.4 Å². The molecule has 1 aliphatic rings. The quantitative estimate of drug-likeness (QED) is 0.844. The summed E-state index contributed by atoms with van der Waals surface area (Å²) in [5.41, 5.74) is 0.0407. The van der Waals surface area contributed by atoms with Gasteiger partial charge in [0.2, 0.25) is 0 Å². The molecule has 1 fully saturated rings. The Hall–Kier alpha value is -0.740. The fraction of sp³-hybridized carbons (Fsp3) is 0.533. The molecule has 1 saturated carbocycles. The van der Waals surface area contributed by atoms with Crippen molar-refractivity contribution in [2.75, 3.05) is 7.05 Å². The van der Waals surface area contributed by atoms with E-state index in [1.54, 1.807) is 18.2 Å². The Balaban J connectivity index is 2.17. The molecule has 0 spiro atoms. The Morgan fingerprint density at radius 2 is 2.05 bits per heavy atom. The Labute approximate surface area is 121 Å². The zero-order valence-corrected chi connectivity index (χ0v) is 12.7. The number of nitrogens with one attached hydrogen (secondary N) is 1. The highest BCUT2D eigenvalue weighted by Crippen LogP contribution is 2.32. The average molecular weight is 328 g/mol. The largest absolute Gasteiger partial charge is 0.314 e. The lowest BCUT2D eigenvalue weighted by atomic mass is 9.77. The molecule has 1 aliphatic carbocycles. The molecule has 0 saturated heterocycles. The van der Waals surface area contributed by atoms with Gasteiger partial charge in [0.1, 0.15) is 5.82 Å². The van der Waals surface area contributed by atoms with Gasteiger partial charge in [-0.2, -0.15) is 0 Å². The van der Waals surface area contributed by atoms with Crippen molar-refractivity contribution in [3.8, 4) is 0 Å². The Kier molecular flexibility index (Phi) is 4.74. The van der Waals surface area contributed by atoms with E-state index in [1.165, 1.54) is 6.42 Å². The summed E-state index contributed by atoms with van der Waals surface area (Å²) in [6.07, 6.45) is 5.85. The maximum atomic E-state index is 13.9. The molecular formula is C15H19BrFNO. The first-order chi connectivity index (χ1) is 9.08. The van der Waals surface area contributed by atoms with Crippen LogP contribution in [0.5, 0.6) is 0 Å². The second-order valence-electron chi connectivity index (χ2n) is 5.29. The fourth-order valence-electron chi connectivity index (χ4n) is 2.87. The van der Waals surface area contributed by atoms with Gasteiger partial charge in [-0.1, -0.05) is 25.3 Å². The molecule has 0 bridgehead atoms. The number of carbonyl (C=O) groups excluding carboxylic acids is 1. The first-order valence-corrected chi connectivity index (χ1v) is 7.53. The number of rotatable bonds is 4. The Bertz CT molecular complexity index is 469. The second-order valence-corrected chi connectivity index (χ2v) is 6.15. The zero-order valence-electron chi connectivity index (χ0n) is 11.1. The number of halogens is 2. The third-order valence-corrected chi connectivity index (χ3v) is 4.70. The Morgan fingerprint density at radius 1 is 1.37 bits per heavy atom. The summed E-state index contributed by atoms with van der Waals surface area (Å²) in [6, 6.07) is 4.88. The van der Waals surface area contributed by atoms with Crippen LogP contribution < -0.4 is 5.32 Å². The van der Waals surface area contributed by atoms with E-state index in [9.17, 15) is 9.18 Å². The fourth-order valence-corrected chi connectivity index (χ4v) is 3.23. The molecule has 1 aromatic rings. The van der Waals surface area contributed by atoms with Crippen LogP contribution in [0.1, 0.15) is 48.9 Å². The van der Waals surface area contributed by atoms with Crippen LogP contribution >= 0.6 is 15.9 Å². The van der Waals surface area contributed by atoms with E-state index < -0.39 is 5.82 Å². The third kappa shape index (κ3) is 3.23. The lowest BCUT2D eigenvalue weighted by Crippen LogP contribution is -2.46. The van der Waals surface area contributed by atoms with Crippen molar-refractivity contribution in [1.82, 2.24) is 5.32 Å². The molecule has 19 heavy (non-hydrogen) atoms. The van der Waals surface area contributed by atoms with E-state index in [-0.39, 0.29) is 16.9 Å². The number of hydrogen-bond acceptors (Lipinski definition) is 2. The van der Waals surface area contributed by atoms with Gasteiger partial charge in [0.15, 0.2) is 5.78 Å². The molecule has 104 valence electrons. The highest BCUT2D eigenvalue weighted by atomic mass is 79.9. The van der Waals surface area contributed by atoms with Crippen molar-refractivity contribution in [3.05, 3.63) is 34.1 Å².